The molecule has 5 heteroatoms. The molecular formula is C14H15BrN2O2. The van der Waals surface area contributed by atoms with Gasteiger partial charge in [-0.25, -0.2) is 0 Å². The average Bonchev–Trinajstić information content (AvgIpc) is 2.82. The smallest absolute Gasteiger partial charge is 0.242 e. The second kappa shape index (κ2) is 5.35. The summed E-state index contributed by atoms with van der Waals surface area (Å²) in [5.74, 6) is 0.153. The van der Waals surface area contributed by atoms with Crippen LogP contribution in [0.4, 0.5) is 0 Å². The fourth-order valence-electron chi connectivity index (χ4n) is 2.35. The number of nitrogens with zero attached hydrogens (tertiary/aromatic N) is 2. The molecule has 0 radical (unpaired) electrons. The normalized spacial score (nSPS) is 15.9. The summed E-state index contributed by atoms with van der Waals surface area (Å²) in [6.45, 7) is 3.07. The largest absolute Gasteiger partial charge is 0.378 e. The van der Waals surface area contributed by atoms with Crippen LogP contribution in [0.2, 0.25) is 0 Å². The van der Waals surface area contributed by atoms with Crippen LogP contribution in [-0.2, 0) is 16.1 Å². The maximum Gasteiger partial charge on any atom is 0.242 e. The van der Waals surface area contributed by atoms with Gasteiger partial charge in [-0.05, 0) is 23.6 Å². The van der Waals surface area contributed by atoms with Crippen molar-refractivity contribution in [3.05, 3.63) is 34.9 Å². The van der Waals surface area contributed by atoms with Crippen LogP contribution < -0.4 is 0 Å². The van der Waals surface area contributed by atoms with Crippen molar-refractivity contribution in [2.75, 3.05) is 26.3 Å². The molecule has 1 aliphatic heterocycles. The average molecular weight is 323 g/mol. The molecule has 100 valence electrons. The lowest BCUT2D eigenvalue weighted by Crippen LogP contribution is -2.42. The quantitative estimate of drug-likeness (QED) is 0.850. The SMILES string of the molecule is O=C(Cn1ccc2ccc(Br)cc21)N1CCOCC1. The molecule has 1 saturated heterocycles. The summed E-state index contributed by atoms with van der Waals surface area (Å²) in [4.78, 5) is 14.1. The third-order valence-electron chi connectivity index (χ3n) is 3.41. The molecule has 1 aliphatic rings. The highest BCUT2D eigenvalue weighted by atomic mass is 79.9. The van der Waals surface area contributed by atoms with E-state index in [0.29, 0.717) is 32.8 Å². The third-order valence-corrected chi connectivity index (χ3v) is 3.90. The second-order valence-electron chi connectivity index (χ2n) is 4.64. The van der Waals surface area contributed by atoms with Crippen molar-refractivity contribution < 1.29 is 9.53 Å². The van der Waals surface area contributed by atoms with Crippen molar-refractivity contribution in [1.29, 1.82) is 0 Å². The van der Waals surface area contributed by atoms with E-state index in [-0.39, 0.29) is 5.91 Å². The Morgan fingerprint density at radius 1 is 1.26 bits per heavy atom. The zero-order valence-electron chi connectivity index (χ0n) is 10.5. The predicted octanol–water partition coefficient (Wildman–Crippen LogP) is 2.26. The molecule has 0 bridgehead atoms. The van der Waals surface area contributed by atoms with Crippen molar-refractivity contribution >= 4 is 32.7 Å². The lowest BCUT2D eigenvalue weighted by molar-refractivity contribution is -0.135. The topological polar surface area (TPSA) is 34.5 Å². The van der Waals surface area contributed by atoms with E-state index in [1.165, 1.54) is 0 Å². The summed E-state index contributed by atoms with van der Waals surface area (Å²) in [7, 11) is 0. The molecule has 2 heterocycles. The Morgan fingerprint density at radius 2 is 2.05 bits per heavy atom. The number of halogens is 1. The minimum absolute atomic E-state index is 0.153. The van der Waals surface area contributed by atoms with Crippen LogP contribution >= 0.6 is 15.9 Å². The Bertz CT molecular complexity index is 603. The molecular weight excluding hydrogens is 308 g/mol. The van der Waals surface area contributed by atoms with E-state index in [2.05, 4.69) is 22.0 Å². The Balaban J connectivity index is 1.80. The standard InChI is InChI=1S/C14H15BrN2O2/c15-12-2-1-11-3-4-17(13(11)9-12)10-14(18)16-5-7-19-8-6-16/h1-4,9H,5-8,10H2. The Kier molecular flexibility index (Phi) is 3.57. The predicted molar refractivity (Wildman–Crippen MR) is 77.0 cm³/mol. The molecule has 19 heavy (non-hydrogen) atoms. The van der Waals surface area contributed by atoms with Crippen LogP contribution in [0.25, 0.3) is 10.9 Å². The first-order chi connectivity index (χ1) is 9.24. The Labute approximate surface area is 120 Å². The molecule has 1 aromatic carbocycles. The first-order valence-corrected chi connectivity index (χ1v) is 7.13. The monoisotopic (exact) mass is 322 g/mol. The molecule has 4 nitrogen and oxygen atoms in total. The second-order valence-corrected chi connectivity index (χ2v) is 5.56. The minimum atomic E-state index is 0.153. The lowest BCUT2D eigenvalue weighted by Gasteiger charge is -2.27. The molecule has 0 atom stereocenters. The van der Waals surface area contributed by atoms with Crippen LogP contribution in [0.3, 0.4) is 0 Å². The highest BCUT2D eigenvalue weighted by Gasteiger charge is 2.17. The van der Waals surface area contributed by atoms with Gasteiger partial charge >= 0.3 is 0 Å². The number of benzene rings is 1. The summed E-state index contributed by atoms with van der Waals surface area (Å²) < 4.78 is 8.29. The van der Waals surface area contributed by atoms with Crippen molar-refractivity contribution in [1.82, 2.24) is 9.47 Å². The number of aromatic nitrogens is 1. The first-order valence-electron chi connectivity index (χ1n) is 6.34. The summed E-state index contributed by atoms with van der Waals surface area (Å²) in [5.41, 5.74) is 1.08. The number of amides is 1. The van der Waals surface area contributed by atoms with Crippen molar-refractivity contribution in [2.45, 2.75) is 6.54 Å². The van der Waals surface area contributed by atoms with E-state index < -0.39 is 0 Å². The van der Waals surface area contributed by atoms with Gasteiger partial charge in [-0.1, -0.05) is 22.0 Å². The summed E-state index contributed by atoms with van der Waals surface area (Å²) in [6.07, 6.45) is 1.97. The van der Waals surface area contributed by atoms with Crippen molar-refractivity contribution in [3.63, 3.8) is 0 Å². The van der Waals surface area contributed by atoms with Gasteiger partial charge in [0.2, 0.25) is 5.91 Å². The van der Waals surface area contributed by atoms with E-state index in [1.807, 2.05) is 33.9 Å². The molecule has 1 fully saturated rings. The number of hydrogen-bond donors (Lipinski definition) is 0. The third kappa shape index (κ3) is 2.67. The molecule has 0 saturated carbocycles. The van der Waals surface area contributed by atoms with E-state index in [1.54, 1.807) is 0 Å². The van der Waals surface area contributed by atoms with Crippen LogP contribution in [-0.4, -0.2) is 41.7 Å². The molecule has 0 unspecified atom stereocenters. The molecule has 2 aromatic rings. The van der Waals surface area contributed by atoms with E-state index in [9.17, 15) is 4.79 Å². The fourth-order valence-corrected chi connectivity index (χ4v) is 2.70. The van der Waals surface area contributed by atoms with Crippen molar-refractivity contribution in [3.8, 4) is 0 Å². The number of carbonyl (C=O) groups excluding carboxylic acids is 1. The molecule has 1 aromatic heterocycles. The maximum atomic E-state index is 12.2. The lowest BCUT2D eigenvalue weighted by atomic mass is 10.2. The summed E-state index contributed by atoms with van der Waals surface area (Å²) >= 11 is 3.47. The van der Waals surface area contributed by atoms with Gasteiger partial charge in [0.15, 0.2) is 0 Å². The Hall–Kier alpha value is -1.33. The number of rotatable bonds is 2. The van der Waals surface area contributed by atoms with Gasteiger partial charge in [0, 0.05) is 29.3 Å². The fraction of sp³-hybridized carbons (Fsp3) is 0.357. The van der Waals surface area contributed by atoms with E-state index >= 15 is 0 Å². The van der Waals surface area contributed by atoms with Gasteiger partial charge < -0.3 is 14.2 Å². The van der Waals surface area contributed by atoms with Gasteiger partial charge in [0.25, 0.3) is 0 Å². The highest BCUT2D eigenvalue weighted by molar-refractivity contribution is 9.10. The molecule has 0 N–H and O–H groups in total. The number of ether oxygens (including phenoxy) is 1. The molecule has 0 aliphatic carbocycles. The van der Waals surface area contributed by atoms with Crippen LogP contribution in [0.5, 0.6) is 0 Å². The molecule has 0 spiro atoms. The zero-order chi connectivity index (χ0) is 13.2. The number of hydrogen-bond acceptors (Lipinski definition) is 2. The van der Waals surface area contributed by atoms with Gasteiger partial charge in [-0.2, -0.15) is 0 Å². The zero-order valence-corrected chi connectivity index (χ0v) is 12.1. The number of fused-ring (bicyclic) bond motifs is 1. The van der Waals surface area contributed by atoms with Gasteiger partial charge in [0.1, 0.15) is 6.54 Å². The van der Waals surface area contributed by atoms with Crippen LogP contribution in [0.15, 0.2) is 34.9 Å². The van der Waals surface area contributed by atoms with Crippen LogP contribution in [0, 0.1) is 0 Å². The van der Waals surface area contributed by atoms with E-state index in [4.69, 9.17) is 4.74 Å². The van der Waals surface area contributed by atoms with Gasteiger partial charge in [0.05, 0.1) is 13.2 Å². The number of carbonyl (C=O) groups is 1. The molecule has 3 rings (SSSR count). The van der Waals surface area contributed by atoms with Gasteiger partial charge in [-0.15, -0.1) is 0 Å². The van der Waals surface area contributed by atoms with E-state index in [0.717, 1.165) is 15.4 Å². The van der Waals surface area contributed by atoms with Crippen LogP contribution in [0.1, 0.15) is 0 Å². The Morgan fingerprint density at radius 3 is 2.84 bits per heavy atom. The highest BCUT2D eigenvalue weighted by Crippen LogP contribution is 2.21. The summed E-state index contributed by atoms with van der Waals surface area (Å²) in [6, 6.07) is 8.14. The molecule has 1 amide bonds. The first kappa shape index (κ1) is 12.7. The minimum Gasteiger partial charge on any atom is -0.378 e. The summed E-state index contributed by atoms with van der Waals surface area (Å²) in [5, 5.41) is 1.15. The van der Waals surface area contributed by atoms with Gasteiger partial charge in [-0.3, -0.25) is 4.79 Å². The van der Waals surface area contributed by atoms with Crippen molar-refractivity contribution in [2.24, 2.45) is 0 Å². The number of morpholine rings is 1. The maximum absolute atomic E-state index is 12.2.